The zero-order chi connectivity index (χ0) is 8.69. The first-order valence-electron chi connectivity index (χ1n) is 3.59. The lowest BCUT2D eigenvalue weighted by molar-refractivity contribution is 0.364. The second-order valence-electron chi connectivity index (χ2n) is 1.94. The molecule has 0 amide bonds. The highest BCUT2D eigenvalue weighted by atomic mass is 35.5. The Kier molecular flexibility index (Phi) is 6.48. The highest BCUT2D eigenvalue weighted by molar-refractivity contribution is 6.31. The fourth-order valence-corrected chi connectivity index (χ4v) is 1.01. The normalized spacial score (nSPS) is 13.5. The van der Waals surface area contributed by atoms with Gasteiger partial charge in [0.2, 0.25) is 0 Å². The van der Waals surface area contributed by atoms with Crippen molar-refractivity contribution in [3.63, 3.8) is 0 Å². The van der Waals surface area contributed by atoms with Gasteiger partial charge in [0, 0.05) is 0 Å². The van der Waals surface area contributed by atoms with Gasteiger partial charge in [-0.2, -0.15) is 0 Å². The van der Waals surface area contributed by atoms with E-state index in [-0.39, 0.29) is 0 Å². The highest BCUT2D eigenvalue weighted by Gasteiger charge is 1.94. The van der Waals surface area contributed by atoms with Crippen LogP contribution in [0.3, 0.4) is 0 Å². The third kappa shape index (κ3) is 6.27. The van der Waals surface area contributed by atoms with Crippen LogP contribution in [-0.2, 0) is 4.74 Å². The molecule has 0 unspecified atom stereocenters. The minimum atomic E-state index is 0.335. The molecule has 0 fully saturated rings. The predicted octanol–water partition coefficient (Wildman–Crippen LogP) is 3.98. The number of allylic oxidation sites excluding steroid dienone is 2. The summed E-state index contributed by atoms with van der Waals surface area (Å²) in [5.41, 5.74) is 0. The molecule has 0 saturated heterocycles. The topological polar surface area (TPSA) is 9.23 Å². The first-order valence-corrected chi connectivity index (χ1v) is 4.35. The molecule has 11 heavy (non-hydrogen) atoms. The molecule has 1 nitrogen and oxygen atoms in total. The summed E-state index contributed by atoms with van der Waals surface area (Å²) >= 11 is 11.3. The molecule has 0 N–H and O–H groups in total. The molecule has 0 aliphatic rings. The molecule has 0 saturated carbocycles. The van der Waals surface area contributed by atoms with Crippen LogP contribution in [0.15, 0.2) is 22.6 Å². The largest absolute Gasteiger partial charge is 0.434 e. The van der Waals surface area contributed by atoms with Crippen LogP contribution in [0.2, 0.25) is 0 Å². The molecule has 0 aliphatic heterocycles. The monoisotopic (exact) mass is 194 g/mol. The van der Waals surface area contributed by atoms with E-state index >= 15 is 0 Å². The van der Waals surface area contributed by atoms with Gasteiger partial charge in [0.1, 0.15) is 0 Å². The summed E-state index contributed by atoms with van der Waals surface area (Å²) in [4.78, 5) is 0. The summed E-state index contributed by atoms with van der Waals surface area (Å²) in [5.74, 6) is 0. The fraction of sp³-hybridized carbons (Fsp3) is 0.500. The van der Waals surface area contributed by atoms with Crippen molar-refractivity contribution >= 4 is 23.2 Å². The number of hydrogen-bond donors (Lipinski definition) is 0. The van der Waals surface area contributed by atoms with Crippen molar-refractivity contribution in [3.05, 3.63) is 22.6 Å². The van der Waals surface area contributed by atoms with E-state index in [1.807, 2.05) is 13.8 Å². The van der Waals surface area contributed by atoms with Crippen molar-refractivity contribution in [1.29, 1.82) is 0 Å². The Morgan fingerprint density at radius 3 is 1.73 bits per heavy atom. The van der Waals surface area contributed by atoms with Crippen molar-refractivity contribution in [2.75, 3.05) is 0 Å². The summed E-state index contributed by atoms with van der Waals surface area (Å²) in [6.45, 7) is 3.95. The van der Waals surface area contributed by atoms with Gasteiger partial charge in [0.15, 0.2) is 10.4 Å². The van der Waals surface area contributed by atoms with Crippen LogP contribution < -0.4 is 0 Å². The van der Waals surface area contributed by atoms with E-state index in [1.165, 1.54) is 0 Å². The van der Waals surface area contributed by atoms with Gasteiger partial charge in [-0.15, -0.1) is 0 Å². The van der Waals surface area contributed by atoms with Gasteiger partial charge in [-0.05, 0) is 48.2 Å². The number of halogens is 2. The summed E-state index contributed by atoms with van der Waals surface area (Å²) in [6.07, 6.45) is 5.20. The van der Waals surface area contributed by atoms with E-state index in [9.17, 15) is 0 Å². The van der Waals surface area contributed by atoms with Crippen LogP contribution in [0.4, 0.5) is 0 Å². The quantitative estimate of drug-likeness (QED) is 0.616. The van der Waals surface area contributed by atoms with Crippen molar-refractivity contribution in [2.24, 2.45) is 0 Å². The standard InChI is InChI=1S/C8H12Cl2O/c1-3-5-7(9)11-8(10)6-4-2/h5-6H,3-4H2,1-2H3/b7-5+,8-6+. The Hall–Kier alpha value is -0.140. The molecule has 0 aromatic rings. The SMILES string of the molecule is CC/C=C(\Cl)O/C(Cl)=C/CC. The van der Waals surface area contributed by atoms with Gasteiger partial charge >= 0.3 is 0 Å². The first-order chi connectivity index (χ1) is 5.20. The van der Waals surface area contributed by atoms with Gasteiger partial charge < -0.3 is 4.74 Å². The molecule has 0 heterocycles. The van der Waals surface area contributed by atoms with Crippen LogP contribution in [-0.4, -0.2) is 0 Å². The molecule has 3 heteroatoms. The average Bonchev–Trinajstić information content (AvgIpc) is 1.87. The number of ether oxygens (including phenoxy) is 1. The van der Waals surface area contributed by atoms with Crippen molar-refractivity contribution in [3.8, 4) is 0 Å². The second-order valence-corrected chi connectivity index (χ2v) is 2.68. The fourth-order valence-electron chi connectivity index (χ4n) is 0.497. The van der Waals surface area contributed by atoms with E-state index in [0.29, 0.717) is 10.4 Å². The first kappa shape index (κ1) is 10.9. The third-order valence-electron chi connectivity index (χ3n) is 0.924. The number of hydrogen-bond acceptors (Lipinski definition) is 1. The maximum Gasteiger partial charge on any atom is 0.191 e. The zero-order valence-corrected chi connectivity index (χ0v) is 8.24. The van der Waals surface area contributed by atoms with Crippen LogP contribution in [0.1, 0.15) is 26.7 Å². The molecular weight excluding hydrogens is 183 g/mol. The van der Waals surface area contributed by atoms with E-state index in [0.717, 1.165) is 12.8 Å². The molecule has 0 spiro atoms. The van der Waals surface area contributed by atoms with E-state index in [4.69, 9.17) is 27.9 Å². The summed E-state index contributed by atoms with van der Waals surface area (Å²) in [5, 5.41) is 0.671. The Morgan fingerprint density at radius 1 is 1.09 bits per heavy atom. The second kappa shape index (κ2) is 6.56. The van der Waals surface area contributed by atoms with E-state index in [2.05, 4.69) is 0 Å². The molecule has 0 radical (unpaired) electrons. The summed E-state index contributed by atoms with van der Waals surface area (Å²) < 4.78 is 4.98. The van der Waals surface area contributed by atoms with Gasteiger partial charge in [-0.1, -0.05) is 13.8 Å². The minimum absolute atomic E-state index is 0.335. The summed E-state index contributed by atoms with van der Waals surface area (Å²) in [6, 6.07) is 0. The highest BCUT2D eigenvalue weighted by Crippen LogP contribution is 2.14. The van der Waals surface area contributed by atoms with Crippen LogP contribution in [0.5, 0.6) is 0 Å². The predicted molar refractivity (Wildman–Crippen MR) is 49.5 cm³/mol. The zero-order valence-electron chi connectivity index (χ0n) is 6.73. The van der Waals surface area contributed by atoms with Gasteiger partial charge in [-0.25, -0.2) is 0 Å². The van der Waals surface area contributed by atoms with Crippen molar-refractivity contribution in [2.45, 2.75) is 26.7 Å². The lowest BCUT2D eigenvalue weighted by Gasteiger charge is -1.99. The van der Waals surface area contributed by atoms with Gasteiger partial charge in [0.05, 0.1) is 0 Å². The van der Waals surface area contributed by atoms with Crippen LogP contribution >= 0.6 is 23.2 Å². The van der Waals surface area contributed by atoms with E-state index in [1.54, 1.807) is 12.2 Å². The van der Waals surface area contributed by atoms with E-state index < -0.39 is 0 Å². The van der Waals surface area contributed by atoms with Crippen molar-refractivity contribution < 1.29 is 4.74 Å². The average molecular weight is 195 g/mol. The van der Waals surface area contributed by atoms with Crippen molar-refractivity contribution in [1.82, 2.24) is 0 Å². The molecular formula is C8H12Cl2O. The Morgan fingerprint density at radius 2 is 1.45 bits per heavy atom. The Balaban J connectivity index is 3.84. The minimum Gasteiger partial charge on any atom is -0.434 e. The maximum absolute atomic E-state index is 5.63. The molecule has 0 atom stereocenters. The van der Waals surface area contributed by atoms with Crippen LogP contribution in [0.25, 0.3) is 0 Å². The molecule has 0 aliphatic carbocycles. The smallest absolute Gasteiger partial charge is 0.191 e. The summed E-state index contributed by atoms with van der Waals surface area (Å²) in [7, 11) is 0. The third-order valence-corrected chi connectivity index (χ3v) is 1.39. The lowest BCUT2D eigenvalue weighted by atomic mass is 10.5. The molecule has 0 aromatic carbocycles. The van der Waals surface area contributed by atoms with Gasteiger partial charge in [-0.3, -0.25) is 0 Å². The Bertz CT molecular complexity index is 143. The molecule has 0 rings (SSSR count). The molecule has 64 valence electrons. The lowest BCUT2D eigenvalue weighted by Crippen LogP contribution is -1.80. The molecule has 0 aromatic heterocycles. The van der Waals surface area contributed by atoms with Crippen LogP contribution in [0, 0.1) is 0 Å². The number of rotatable bonds is 4. The maximum atomic E-state index is 5.63. The van der Waals surface area contributed by atoms with Gasteiger partial charge in [0.25, 0.3) is 0 Å². The molecule has 0 bridgehead atoms. The Labute approximate surface area is 77.6 Å².